The number of furan rings is 2. The smallest absolute Gasteiger partial charge is 0.159 e. The fraction of sp³-hybridized carbons (Fsp3) is 0.0164. The van der Waals surface area contributed by atoms with Gasteiger partial charge in [0, 0.05) is 69.2 Å². The number of aromatic nitrogens is 1. The molecule has 6 nitrogen and oxygen atoms in total. The molecule has 1 aliphatic heterocycles. The second kappa shape index (κ2) is 14.4. The summed E-state index contributed by atoms with van der Waals surface area (Å²) in [5, 5.41) is 15.4. The first-order chi connectivity index (χ1) is 33.6. The van der Waals surface area contributed by atoms with Crippen molar-refractivity contribution in [1.29, 1.82) is 0 Å². The topological polar surface area (TPSA) is 68.0 Å². The minimum Gasteiger partial charge on any atom is -0.456 e. The molecule has 0 saturated heterocycles. The number of hydrogen-bond donors (Lipinski definition) is 1. The molecule has 1 atom stereocenters. The van der Waals surface area contributed by atoms with E-state index in [4.69, 9.17) is 18.8 Å². The fourth-order valence-corrected chi connectivity index (χ4v) is 11.7. The number of benzene rings is 10. The lowest BCUT2D eigenvalue weighted by molar-refractivity contribution is 0.663. The number of aliphatic imine (C=N–C) groups is 2. The molecule has 15 rings (SSSR count). The zero-order valence-electron chi connectivity index (χ0n) is 36.3. The molecule has 4 aromatic heterocycles. The van der Waals surface area contributed by atoms with Gasteiger partial charge in [-0.1, -0.05) is 109 Å². The van der Waals surface area contributed by atoms with Crippen molar-refractivity contribution in [2.24, 2.45) is 9.98 Å². The van der Waals surface area contributed by atoms with Crippen LogP contribution in [0.5, 0.6) is 0 Å². The van der Waals surface area contributed by atoms with Crippen LogP contribution in [0, 0.1) is 0 Å². The van der Waals surface area contributed by atoms with Crippen LogP contribution in [0.15, 0.2) is 225 Å². The zero-order valence-corrected chi connectivity index (χ0v) is 37.1. The second-order valence-electron chi connectivity index (χ2n) is 17.7. The minimum absolute atomic E-state index is 0.449. The highest BCUT2D eigenvalue weighted by molar-refractivity contribution is 7.25. The van der Waals surface area contributed by atoms with E-state index in [1.165, 1.54) is 41.7 Å². The van der Waals surface area contributed by atoms with Crippen molar-refractivity contribution in [1.82, 2.24) is 9.88 Å². The lowest BCUT2D eigenvalue weighted by Gasteiger charge is -2.24. The fourth-order valence-electron chi connectivity index (χ4n) is 10.6. The number of amidine groups is 2. The Morgan fingerprint density at radius 1 is 0.426 bits per heavy atom. The maximum absolute atomic E-state index is 6.27. The van der Waals surface area contributed by atoms with Crippen molar-refractivity contribution in [2.45, 2.75) is 6.17 Å². The van der Waals surface area contributed by atoms with Gasteiger partial charge in [0.25, 0.3) is 0 Å². The number of thiophene rings is 1. The summed E-state index contributed by atoms with van der Waals surface area (Å²) in [5.74, 6) is 1.37. The van der Waals surface area contributed by atoms with Gasteiger partial charge in [0.1, 0.15) is 34.3 Å². The van der Waals surface area contributed by atoms with Gasteiger partial charge < -0.3 is 18.7 Å². The van der Waals surface area contributed by atoms with E-state index in [1.54, 1.807) is 0 Å². The molecule has 68 heavy (non-hydrogen) atoms. The summed E-state index contributed by atoms with van der Waals surface area (Å²) in [6.07, 6.45) is -0.449. The molecular weight excluding hydrogens is 853 g/mol. The van der Waals surface area contributed by atoms with Crippen LogP contribution >= 0.6 is 11.3 Å². The minimum atomic E-state index is -0.449. The predicted molar refractivity (Wildman–Crippen MR) is 283 cm³/mol. The third kappa shape index (κ3) is 5.69. The Labute approximate surface area is 392 Å². The average Bonchev–Trinajstić information content (AvgIpc) is 4.16. The molecule has 0 radical (unpaired) electrons. The largest absolute Gasteiger partial charge is 0.456 e. The Hall–Kier alpha value is -8.78. The van der Waals surface area contributed by atoms with E-state index in [0.717, 1.165) is 94.3 Å². The number of para-hydroxylation sites is 3. The van der Waals surface area contributed by atoms with Gasteiger partial charge in [0.2, 0.25) is 0 Å². The number of nitrogens with zero attached hydrogens (tertiary/aromatic N) is 3. The van der Waals surface area contributed by atoms with Crippen molar-refractivity contribution in [3.63, 3.8) is 0 Å². The van der Waals surface area contributed by atoms with Crippen molar-refractivity contribution in [3.05, 3.63) is 223 Å². The molecule has 0 saturated carbocycles. The summed E-state index contributed by atoms with van der Waals surface area (Å²) in [4.78, 5) is 10.9. The first-order valence-corrected chi connectivity index (χ1v) is 23.7. The van der Waals surface area contributed by atoms with E-state index in [1.807, 2.05) is 41.7 Å². The molecule has 5 heterocycles. The van der Waals surface area contributed by atoms with Crippen LogP contribution in [0.2, 0.25) is 0 Å². The molecule has 7 heteroatoms. The molecule has 0 spiro atoms. The van der Waals surface area contributed by atoms with Crippen LogP contribution in [0.3, 0.4) is 0 Å². The third-order valence-electron chi connectivity index (χ3n) is 13.8. The predicted octanol–water partition coefficient (Wildman–Crippen LogP) is 16.3. The number of hydrogen-bond acceptors (Lipinski definition) is 6. The third-order valence-corrected chi connectivity index (χ3v) is 15.0. The van der Waals surface area contributed by atoms with E-state index >= 15 is 0 Å². The van der Waals surface area contributed by atoms with Gasteiger partial charge in [-0.05, 0) is 119 Å². The molecule has 10 aromatic carbocycles. The van der Waals surface area contributed by atoms with Gasteiger partial charge in [-0.25, -0.2) is 9.98 Å². The Bertz CT molecular complexity index is 4510. The van der Waals surface area contributed by atoms with E-state index in [9.17, 15) is 0 Å². The molecule has 14 aromatic rings. The molecule has 1 aliphatic rings. The number of rotatable bonds is 5. The zero-order chi connectivity index (χ0) is 44.5. The Morgan fingerprint density at radius 2 is 1.04 bits per heavy atom. The van der Waals surface area contributed by atoms with Gasteiger partial charge in [-0.3, -0.25) is 0 Å². The highest BCUT2D eigenvalue weighted by atomic mass is 32.1. The van der Waals surface area contributed by atoms with E-state index < -0.39 is 6.17 Å². The van der Waals surface area contributed by atoms with Gasteiger partial charge in [-0.15, -0.1) is 11.3 Å². The van der Waals surface area contributed by atoms with Crippen molar-refractivity contribution >= 4 is 120 Å². The van der Waals surface area contributed by atoms with Gasteiger partial charge >= 0.3 is 0 Å². The van der Waals surface area contributed by atoms with Crippen LogP contribution in [-0.4, -0.2) is 16.2 Å². The molecule has 318 valence electrons. The summed E-state index contributed by atoms with van der Waals surface area (Å²) in [7, 11) is 0. The second-order valence-corrected chi connectivity index (χ2v) is 18.8. The lowest BCUT2D eigenvalue weighted by atomic mass is 9.97. The highest BCUT2D eigenvalue weighted by Crippen LogP contribution is 2.42. The molecular formula is C61H36N4O2S. The first kappa shape index (κ1) is 37.4. The summed E-state index contributed by atoms with van der Waals surface area (Å²) >= 11 is 1.84. The van der Waals surface area contributed by atoms with E-state index in [2.05, 4.69) is 186 Å². The van der Waals surface area contributed by atoms with Crippen LogP contribution in [0.25, 0.3) is 113 Å². The van der Waals surface area contributed by atoms with Crippen LogP contribution in [-0.2, 0) is 0 Å². The molecule has 1 unspecified atom stereocenters. The van der Waals surface area contributed by atoms with E-state index in [0.29, 0.717) is 5.84 Å². The molecule has 1 N–H and O–H groups in total. The summed E-state index contributed by atoms with van der Waals surface area (Å²) in [6, 6.07) is 73.6. The Kier molecular flexibility index (Phi) is 7.91. The average molecular weight is 889 g/mol. The number of fused-ring (bicyclic) bond motifs is 13. The van der Waals surface area contributed by atoms with Gasteiger partial charge in [0.05, 0.1) is 16.7 Å². The lowest BCUT2D eigenvalue weighted by Crippen LogP contribution is -2.33. The normalized spacial score (nSPS) is 14.3. The SMILES string of the molecule is c1ccc2cc3c(cc2c1)c1ccccc1n3-c1ccc(C2=NC(c3ccc4oc5ccccc5c4c3)NC(c3ccc4oc5ccccc5c4c3)=N2)cc1-c1ccc2sc3ccccc3c2c1. The van der Waals surface area contributed by atoms with Crippen LogP contribution < -0.4 is 5.32 Å². The van der Waals surface area contributed by atoms with Crippen molar-refractivity contribution in [2.75, 3.05) is 0 Å². The van der Waals surface area contributed by atoms with Crippen molar-refractivity contribution in [3.8, 4) is 16.8 Å². The maximum Gasteiger partial charge on any atom is 0.159 e. The molecule has 0 aliphatic carbocycles. The van der Waals surface area contributed by atoms with E-state index in [-0.39, 0.29) is 0 Å². The quantitative estimate of drug-likeness (QED) is 0.187. The van der Waals surface area contributed by atoms with Gasteiger partial charge in [-0.2, -0.15) is 0 Å². The Balaban J connectivity index is 0.972. The number of nitrogens with one attached hydrogen (secondary N) is 1. The molecule has 0 fully saturated rings. The molecule has 0 amide bonds. The first-order valence-electron chi connectivity index (χ1n) is 22.9. The van der Waals surface area contributed by atoms with Gasteiger partial charge in [0.15, 0.2) is 5.84 Å². The standard InChI is InChI=1S/C61H36N4O2S/c1-2-12-36-34-52-46(29-35(36)11-1)41-13-3-7-17-50(41)65(52)51-25-21-38(31-45(51)37-24-28-58-49(30-37)44-16-6-10-20-57(44)68-58)59-62-60(39-22-26-55-47(32-39)42-14-4-8-18-53(42)66-55)64-61(63-59)40-23-27-56-48(33-40)43-15-5-9-19-54(43)67-56/h1-34,60H,(H,62,63,64). The summed E-state index contributed by atoms with van der Waals surface area (Å²) in [6.45, 7) is 0. The van der Waals surface area contributed by atoms with Crippen LogP contribution in [0.4, 0.5) is 0 Å². The molecule has 0 bridgehead atoms. The maximum atomic E-state index is 6.27. The highest BCUT2D eigenvalue weighted by Gasteiger charge is 2.25. The summed E-state index contributed by atoms with van der Waals surface area (Å²) in [5.41, 5.74) is 11.9. The monoisotopic (exact) mass is 888 g/mol. The van der Waals surface area contributed by atoms with Crippen LogP contribution in [0.1, 0.15) is 22.9 Å². The Morgan fingerprint density at radius 3 is 1.87 bits per heavy atom. The van der Waals surface area contributed by atoms with Crippen molar-refractivity contribution < 1.29 is 8.83 Å². The summed E-state index contributed by atoms with van der Waals surface area (Å²) < 4.78 is 17.5.